The highest BCUT2D eigenvalue weighted by molar-refractivity contribution is 4.86. The van der Waals surface area contributed by atoms with Gasteiger partial charge in [0, 0.05) is 26.6 Å². The molecule has 2 heterocycles. The molecule has 0 radical (unpaired) electrons. The second-order valence-electron chi connectivity index (χ2n) is 4.02. The summed E-state index contributed by atoms with van der Waals surface area (Å²) in [5.41, 5.74) is 0. The van der Waals surface area contributed by atoms with Gasteiger partial charge in [0.05, 0.1) is 6.26 Å². The van der Waals surface area contributed by atoms with Crippen molar-refractivity contribution in [3.05, 3.63) is 24.5 Å². The molecule has 0 saturated carbocycles. The topological polar surface area (TPSA) is 52.0 Å². The Labute approximate surface area is 95.5 Å². The van der Waals surface area contributed by atoms with E-state index in [0.29, 0.717) is 6.10 Å². The zero-order chi connectivity index (χ0) is 11.2. The van der Waals surface area contributed by atoms with Gasteiger partial charge in [-0.25, -0.2) is 0 Å². The van der Waals surface area contributed by atoms with Crippen molar-refractivity contribution in [2.24, 2.45) is 7.05 Å². The van der Waals surface area contributed by atoms with Gasteiger partial charge < -0.3 is 14.6 Å². The molecule has 1 aliphatic heterocycles. The average molecular weight is 222 g/mol. The first-order chi connectivity index (χ1) is 7.86. The summed E-state index contributed by atoms with van der Waals surface area (Å²) in [5.74, 6) is 1.01. The number of nitrogens with zero attached hydrogens (tertiary/aromatic N) is 3. The molecule has 5 nitrogen and oxygen atoms in total. The quantitative estimate of drug-likeness (QED) is 0.743. The Balaban J connectivity index is 1.62. The molecule has 0 amide bonds. The monoisotopic (exact) mass is 222 g/mol. The van der Waals surface area contributed by atoms with E-state index >= 15 is 0 Å². The van der Waals surface area contributed by atoms with E-state index < -0.39 is 0 Å². The second-order valence-corrected chi connectivity index (χ2v) is 4.02. The minimum Gasteiger partial charge on any atom is -0.497 e. The Hall–Kier alpha value is -1.36. The molecule has 2 rings (SSSR count). The van der Waals surface area contributed by atoms with E-state index in [9.17, 15) is 0 Å². The summed E-state index contributed by atoms with van der Waals surface area (Å²) in [7, 11) is 1.96. The number of aryl methyl sites for hydroxylation is 1. The fraction of sp³-hybridized carbons (Fsp3) is 0.636. The van der Waals surface area contributed by atoms with Gasteiger partial charge in [0.15, 0.2) is 0 Å². The maximum atomic E-state index is 5.46. The smallest absolute Gasteiger partial charge is 0.133 e. The molecule has 5 heteroatoms. The van der Waals surface area contributed by atoms with Gasteiger partial charge in [-0.2, -0.15) is 0 Å². The van der Waals surface area contributed by atoms with E-state index in [1.165, 1.54) is 0 Å². The molecular weight excluding hydrogens is 204 g/mol. The molecule has 88 valence electrons. The fourth-order valence-electron chi connectivity index (χ4n) is 1.73. The van der Waals surface area contributed by atoms with Crippen molar-refractivity contribution in [2.45, 2.75) is 25.4 Å². The van der Waals surface area contributed by atoms with Crippen LogP contribution in [0.2, 0.25) is 0 Å². The van der Waals surface area contributed by atoms with Crippen molar-refractivity contribution < 1.29 is 4.74 Å². The summed E-state index contributed by atoms with van der Waals surface area (Å²) in [4.78, 5) is 0. The Morgan fingerprint density at radius 1 is 1.62 bits per heavy atom. The third-order valence-electron chi connectivity index (χ3n) is 2.73. The van der Waals surface area contributed by atoms with Gasteiger partial charge in [-0.05, 0) is 18.9 Å². The Morgan fingerprint density at radius 2 is 2.56 bits per heavy atom. The van der Waals surface area contributed by atoms with Crippen LogP contribution in [0.5, 0.6) is 0 Å². The highest BCUT2D eigenvalue weighted by Gasteiger charge is 2.09. The summed E-state index contributed by atoms with van der Waals surface area (Å²) in [6, 6.07) is 0. The molecule has 0 fully saturated rings. The first-order valence-electron chi connectivity index (χ1n) is 5.70. The van der Waals surface area contributed by atoms with Crippen molar-refractivity contribution in [2.75, 3.05) is 13.1 Å². The van der Waals surface area contributed by atoms with Gasteiger partial charge in [-0.15, -0.1) is 10.2 Å². The van der Waals surface area contributed by atoms with E-state index in [2.05, 4.69) is 21.6 Å². The lowest BCUT2D eigenvalue weighted by Gasteiger charge is -2.19. The maximum Gasteiger partial charge on any atom is 0.133 e. The van der Waals surface area contributed by atoms with Crippen LogP contribution in [0, 0.1) is 0 Å². The van der Waals surface area contributed by atoms with Crippen LogP contribution in [0.1, 0.15) is 18.7 Å². The SMILES string of the molecule is Cn1cnnc1CCNCC1CCC=CO1. The minimum absolute atomic E-state index is 0.324. The fourth-order valence-corrected chi connectivity index (χ4v) is 1.73. The molecule has 1 N–H and O–H groups in total. The van der Waals surface area contributed by atoms with Crippen LogP contribution in [0.25, 0.3) is 0 Å². The molecule has 1 aromatic heterocycles. The van der Waals surface area contributed by atoms with Crippen LogP contribution in [0.3, 0.4) is 0 Å². The van der Waals surface area contributed by atoms with E-state index in [1.807, 2.05) is 11.6 Å². The van der Waals surface area contributed by atoms with Crippen LogP contribution in [-0.4, -0.2) is 34.0 Å². The zero-order valence-corrected chi connectivity index (χ0v) is 9.59. The third-order valence-corrected chi connectivity index (χ3v) is 2.73. The van der Waals surface area contributed by atoms with Gasteiger partial charge >= 0.3 is 0 Å². The normalized spacial score (nSPS) is 19.7. The largest absolute Gasteiger partial charge is 0.497 e. The number of hydrogen-bond donors (Lipinski definition) is 1. The van der Waals surface area contributed by atoms with Crippen molar-refractivity contribution in [1.29, 1.82) is 0 Å². The highest BCUT2D eigenvalue weighted by Crippen LogP contribution is 2.08. The van der Waals surface area contributed by atoms with Crippen molar-refractivity contribution in [3.63, 3.8) is 0 Å². The Morgan fingerprint density at radius 3 is 3.25 bits per heavy atom. The van der Waals surface area contributed by atoms with Gasteiger partial charge in [-0.3, -0.25) is 0 Å². The third kappa shape index (κ3) is 3.06. The number of ether oxygens (including phenoxy) is 1. The molecule has 0 saturated heterocycles. The van der Waals surface area contributed by atoms with E-state index in [0.717, 1.165) is 38.2 Å². The molecule has 0 aliphatic carbocycles. The van der Waals surface area contributed by atoms with Gasteiger partial charge in [0.1, 0.15) is 18.3 Å². The van der Waals surface area contributed by atoms with Crippen LogP contribution in [0.4, 0.5) is 0 Å². The summed E-state index contributed by atoms with van der Waals surface area (Å²) < 4.78 is 7.41. The minimum atomic E-state index is 0.324. The van der Waals surface area contributed by atoms with E-state index in [-0.39, 0.29) is 0 Å². The lowest BCUT2D eigenvalue weighted by atomic mass is 10.1. The first-order valence-corrected chi connectivity index (χ1v) is 5.70. The summed E-state index contributed by atoms with van der Waals surface area (Å²) in [6.45, 7) is 1.82. The molecule has 1 aromatic rings. The van der Waals surface area contributed by atoms with Crippen LogP contribution < -0.4 is 5.32 Å². The Kier molecular flexibility index (Phi) is 3.93. The van der Waals surface area contributed by atoms with Gasteiger partial charge in [0.25, 0.3) is 0 Å². The average Bonchev–Trinajstić information content (AvgIpc) is 2.72. The van der Waals surface area contributed by atoms with Crippen molar-refractivity contribution in [3.8, 4) is 0 Å². The zero-order valence-electron chi connectivity index (χ0n) is 9.59. The van der Waals surface area contributed by atoms with Crippen LogP contribution in [0.15, 0.2) is 18.7 Å². The first kappa shape index (κ1) is 11.1. The molecular formula is C11H18N4O. The predicted octanol–water partition coefficient (Wildman–Crippen LogP) is 0.640. The number of aromatic nitrogens is 3. The molecule has 1 aliphatic rings. The highest BCUT2D eigenvalue weighted by atomic mass is 16.5. The number of hydrogen-bond acceptors (Lipinski definition) is 4. The molecule has 0 aromatic carbocycles. The molecule has 0 spiro atoms. The Bertz CT molecular complexity index is 348. The second kappa shape index (κ2) is 5.65. The molecule has 0 bridgehead atoms. The van der Waals surface area contributed by atoms with Gasteiger partial charge in [0.2, 0.25) is 0 Å². The number of nitrogens with one attached hydrogen (secondary N) is 1. The van der Waals surface area contributed by atoms with Crippen molar-refractivity contribution >= 4 is 0 Å². The van der Waals surface area contributed by atoms with E-state index in [1.54, 1.807) is 12.6 Å². The van der Waals surface area contributed by atoms with Crippen LogP contribution >= 0.6 is 0 Å². The predicted molar refractivity (Wildman–Crippen MR) is 60.8 cm³/mol. The summed E-state index contributed by atoms with van der Waals surface area (Å²) in [6.07, 6.45) is 9.05. The summed E-state index contributed by atoms with van der Waals surface area (Å²) in [5, 5.41) is 11.3. The number of allylic oxidation sites excluding steroid dienone is 1. The summed E-state index contributed by atoms with van der Waals surface area (Å²) >= 11 is 0. The lowest BCUT2D eigenvalue weighted by molar-refractivity contribution is 0.122. The number of rotatable bonds is 5. The lowest BCUT2D eigenvalue weighted by Crippen LogP contribution is -2.30. The van der Waals surface area contributed by atoms with Crippen LogP contribution in [-0.2, 0) is 18.2 Å². The van der Waals surface area contributed by atoms with Gasteiger partial charge in [-0.1, -0.05) is 0 Å². The maximum absolute atomic E-state index is 5.46. The molecule has 1 unspecified atom stereocenters. The molecule has 1 atom stereocenters. The van der Waals surface area contributed by atoms with Crippen molar-refractivity contribution in [1.82, 2.24) is 20.1 Å². The molecule has 16 heavy (non-hydrogen) atoms. The van der Waals surface area contributed by atoms with E-state index in [4.69, 9.17) is 4.74 Å². The standard InChI is InChI=1S/C11H18N4O/c1-15-9-13-14-11(15)5-6-12-8-10-4-2-3-7-16-10/h3,7,9-10,12H,2,4-6,8H2,1H3.